The Balaban J connectivity index is 1.10. The van der Waals surface area contributed by atoms with E-state index in [1.54, 1.807) is 5.57 Å². The van der Waals surface area contributed by atoms with Gasteiger partial charge in [0.1, 0.15) is 19.3 Å². The Morgan fingerprint density at radius 2 is 1.56 bits per heavy atom. The number of carbonyl (C=O) groups excluding carboxylic acids is 1. The summed E-state index contributed by atoms with van der Waals surface area (Å²) in [6, 6.07) is 0. The minimum Gasteiger partial charge on any atom is -0.434 e. The highest BCUT2D eigenvalue weighted by Crippen LogP contribution is 2.67. The number of hydrogen-bond donors (Lipinski definition) is 1. The average molecular weight is 725 g/mol. The van der Waals surface area contributed by atoms with Crippen LogP contribution in [-0.2, 0) is 23.1 Å². The molecule has 0 amide bonds. The summed E-state index contributed by atoms with van der Waals surface area (Å²) in [6.45, 7) is 13.9. The highest BCUT2D eigenvalue weighted by molar-refractivity contribution is 7.47. The van der Waals surface area contributed by atoms with Gasteiger partial charge in [0.2, 0.25) is 0 Å². The molecule has 4 aliphatic carbocycles. The van der Waals surface area contributed by atoms with E-state index in [-0.39, 0.29) is 24.7 Å². The zero-order valence-corrected chi connectivity index (χ0v) is 34.2. The number of rotatable bonds is 20. The van der Waals surface area contributed by atoms with Crippen molar-refractivity contribution < 1.29 is 37.3 Å². The SMILES string of the molecule is CC(C)CCC[C@@H](C)[C@H]1CC[C@H]2[C@@H]3CC=C4C[C@@H](OC(=O)OCCCCCCCCOP(=O)(O)OCC[N+](C)(C)C)CC[C@]4(C)[C@H]3CC[C@]12C. The van der Waals surface area contributed by atoms with Gasteiger partial charge in [-0.15, -0.1) is 0 Å². The minimum absolute atomic E-state index is 0.0747. The number of phosphoric acid groups is 1. The summed E-state index contributed by atoms with van der Waals surface area (Å²) in [4.78, 5) is 22.4. The number of likely N-dealkylation sites (N-methyl/N-ethyl adjacent to an activating group) is 1. The Labute approximate surface area is 306 Å². The van der Waals surface area contributed by atoms with Crippen molar-refractivity contribution in [1.82, 2.24) is 0 Å². The van der Waals surface area contributed by atoms with Gasteiger partial charge in [0.05, 0.1) is 34.4 Å². The van der Waals surface area contributed by atoms with Gasteiger partial charge < -0.3 is 18.9 Å². The molecule has 290 valence electrons. The lowest BCUT2D eigenvalue weighted by molar-refractivity contribution is -0.870. The van der Waals surface area contributed by atoms with Crippen molar-refractivity contribution in [1.29, 1.82) is 0 Å². The molecule has 0 spiro atoms. The number of carbonyl (C=O) groups is 1. The van der Waals surface area contributed by atoms with Crippen molar-refractivity contribution in [3.63, 3.8) is 0 Å². The third kappa shape index (κ3) is 11.5. The number of phosphoric ester groups is 1. The smallest absolute Gasteiger partial charge is 0.434 e. The normalized spacial score (nSPS) is 32.8. The largest absolute Gasteiger partial charge is 0.508 e. The molecule has 0 radical (unpaired) electrons. The van der Waals surface area contributed by atoms with Gasteiger partial charge in [-0.2, -0.15) is 0 Å². The second-order valence-corrected chi connectivity index (χ2v) is 20.1. The molecule has 0 aromatic rings. The standard InChI is InChI=1S/C41H74NO7P/c1-31(2)16-15-17-32(3)36-20-21-37-35-19-18-33-30-34(22-24-40(33,4)38(35)23-25-41(36,37)5)49-39(43)46-27-13-11-9-10-12-14-28-47-50(44,45)48-29-26-42(6,7)8/h18,31-32,34-38H,9-17,19-30H2,1-8H3/p+1/t32-,34+,35+,36-,37+,38+,40+,41-/m1/s1. The quantitative estimate of drug-likeness (QED) is 0.0439. The van der Waals surface area contributed by atoms with Crippen LogP contribution in [0.5, 0.6) is 0 Å². The molecule has 0 heterocycles. The van der Waals surface area contributed by atoms with Crippen LogP contribution in [-0.4, -0.2) is 69.1 Å². The molecule has 4 aliphatic rings. The van der Waals surface area contributed by atoms with E-state index in [1.165, 1.54) is 51.4 Å². The van der Waals surface area contributed by atoms with Gasteiger partial charge in [-0.25, -0.2) is 9.36 Å². The predicted molar refractivity (Wildman–Crippen MR) is 202 cm³/mol. The number of quaternary nitrogens is 1. The van der Waals surface area contributed by atoms with Crippen molar-refractivity contribution in [2.24, 2.45) is 46.3 Å². The molecular formula is C41H75NO7P+. The lowest BCUT2D eigenvalue weighted by atomic mass is 9.47. The van der Waals surface area contributed by atoms with Crippen LogP contribution in [0.3, 0.4) is 0 Å². The van der Waals surface area contributed by atoms with Crippen LogP contribution in [0.2, 0.25) is 0 Å². The first-order chi connectivity index (χ1) is 23.5. The van der Waals surface area contributed by atoms with Crippen molar-refractivity contribution in [3.8, 4) is 0 Å². The Kier molecular flexibility index (Phi) is 15.4. The first-order valence-corrected chi connectivity index (χ1v) is 22.0. The number of fused-ring (bicyclic) bond motifs is 5. The summed E-state index contributed by atoms with van der Waals surface area (Å²) in [6.07, 6.45) is 21.3. The van der Waals surface area contributed by atoms with Crippen LogP contribution in [0.4, 0.5) is 4.79 Å². The molecule has 3 fully saturated rings. The van der Waals surface area contributed by atoms with Gasteiger partial charge in [-0.3, -0.25) is 9.05 Å². The van der Waals surface area contributed by atoms with Crippen LogP contribution in [0, 0.1) is 46.3 Å². The van der Waals surface area contributed by atoms with Crippen LogP contribution in [0.15, 0.2) is 11.6 Å². The first-order valence-electron chi connectivity index (χ1n) is 20.5. The summed E-state index contributed by atoms with van der Waals surface area (Å²) >= 11 is 0. The molecule has 0 aliphatic heterocycles. The maximum absolute atomic E-state index is 12.6. The van der Waals surface area contributed by atoms with E-state index >= 15 is 0 Å². The second kappa shape index (κ2) is 18.4. The topological polar surface area (TPSA) is 91.3 Å². The van der Waals surface area contributed by atoms with Gasteiger partial charge >= 0.3 is 14.0 Å². The van der Waals surface area contributed by atoms with Crippen LogP contribution >= 0.6 is 7.82 Å². The molecule has 1 unspecified atom stereocenters. The van der Waals surface area contributed by atoms with E-state index in [0.717, 1.165) is 86.9 Å². The zero-order valence-electron chi connectivity index (χ0n) is 33.3. The van der Waals surface area contributed by atoms with Gasteiger partial charge in [-0.05, 0) is 104 Å². The van der Waals surface area contributed by atoms with Gasteiger partial charge in [0.25, 0.3) is 0 Å². The van der Waals surface area contributed by atoms with E-state index in [1.807, 2.05) is 21.1 Å². The maximum Gasteiger partial charge on any atom is 0.508 e. The molecule has 0 aromatic carbocycles. The van der Waals surface area contributed by atoms with Crippen molar-refractivity contribution >= 4 is 14.0 Å². The lowest BCUT2D eigenvalue weighted by Crippen LogP contribution is -2.51. The number of allylic oxidation sites excluding steroid dienone is 1. The molecule has 9 heteroatoms. The van der Waals surface area contributed by atoms with Crippen molar-refractivity contribution in [3.05, 3.63) is 11.6 Å². The molecule has 1 N–H and O–H groups in total. The van der Waals surface area contributed by atoms with E-state index in [4.69, 9.17) is 18.5 Å². The molecular weight excluding hydrogens is 649 g/mol. The summed E-state index contributed by atoms with van der Waals surface area (Å²) in [5.74, 6) is 4.98. The Morgan fingerprint density at radius 1 is 0.880 bits per heavy atom. The Hall–Kier alpha value is -0.920. The second-order valence-electron chi connectivity index (χ2n) is 18.6. The summed E-state index contributed by atoms with van der Waals surface area (Å²) in [5, 5.41) is 0. The minimum atomic E-state index is -3.98. The monoisotopic (exact) mass is 725 g/mol. The van der Waals surface area contributed by atoms with Crippen molar-refractivity contribution in [2.45, 2.75) is 150 Å². The molecule has 9 atom stereocenters. The molecule has 4 rings (SSSR count). The van der Waals surface area contributed by atoms with Gasteiger partial charge in [-0.1, -0.05) is 91.2 Å². The van der Waals surface area contributed by atoms with Crippen LogP contribution in [0.25, 0.3) is 0 Å². The number of hydrogen-bond acceptors (Lipinski definition) is 6. The third-order valence-corrected chi connectivity index (χ3v) is 14.6. The summed E-state index contributed by atoms with van der Waals surface area (Å²) < 4.78 is 34.1. The fraction of sp³-hybridized carbons (Fsp3) is 0.927. The number of ether oxygens (including phenoxy) is 2. The zero-order chi connectivity index (χ0) is 36.6. The summed E-state index contributed by atoms with van der Waals surface area (Å²) in [7, 11) is 2.02. The summed E-state index contributed by atoms with van der Waals surface area (Å²) in [5.41, 5.74) is 2.30. The van der Waals surface area contributed by atoms with Gasteiger partial charge in [0.15, 0.2) is 0 Å². The maximum atomic E-state index is 12.6. The molecule has 0 aromatic heterocycles. The molecule has 50 heavy (non-hydrogen) atoms. The highest BCUT2D eigenvalue weighted by atomic mass is 31.2. The first kappa shape index (κ1) is 41.8. The van der Waals surface area contributed by atoms with E-state index in [2.05, 4.69) is 40.7 Å². The molecule has 3 saturated carbocycles. The van der Waals surface area contributed by atoms with Crippen LogP contribution < -0.4 is 0 Å². The van der Waals surface area contributed by atoms with Gasteiger partial charge in [0, 0.05) is 6.42 Å². The predicted octanol–water partition coefficient (Wildman–Crippen LogP) is 10.7. The van der Waals surface area contributed by atoms with E-state index in [9.17, 15) is 14.3 Å². The van der Waals surface area contributed by atoms with Crippen LogP contribution in [0.1, 0.15) is 144 Å². The molecule has 0 bridgehead atoms. The average Bonchev–Trinajstić information content (AvgIpc) is 3.38. The van der Waals surface area contributed by atoms with E-state index < -0.39 is 14.0 Å². The highest BCUT2D eigenvalue weighted by Gasteiger charge is 2.59. The number of unbranched alkanes of at least 4 members (excludes halogenated alkanes) is 5. The Morgan fingerprint density at radius 3 is 2.26 bits per heavy atom. The number of nitrogens with zero attached hydrogens (tertiary/aromatic N) is 1. The Bertz CT molecular complexity index is 1150. The van der Waals surface area contributed by atoms with E-state index in [0.29, 0.717) is 29.5 Å². The fourth-order valence-electron chi connectivity index (χ4n) is 10.6. The molecule has 0 saturated heterocycles. The molecule has 8 nitrogen and oxygen atoms in total. The third-order valence-electron chi connectivity index (χ3n) is 13.6. The lowest BCUT2D eigenvalue weighted by Gasteiger charge is -2.58. The fourth-order valence-corrected chi connectivity index (χ4v) is 11.4. The van der Waals surface area contributed by atoms with Crippen molar-refractivity contribution in [2.75, 3.05) is 47.5 Å².